The van der Waals surface area contributed by atoms with Gasteiger partial charge in [-0.05, 0) is 19.8 Å². The van der Waals surface area contributed by atoms with Gasteiger partial charge >= 0.3 is 6.03 Å². The highest BCUT2D eigenvalue weighted by atomic mass is 16.3. The van der Waals surface area contributed by atoms with Crippen LogP contribution in [0.2, 0.25) is 0 Å². The van der Waals surface area contributed by atoms with Crippen LogP contribution in [0.3, 0.4) is 0 Å². The highest BCUT2D eigenvalue weighted by Crippen LogP contribution is 2.12. The monoisotopic (exact) mass is 216 g/mol. The largest absolute Gasteiger partial charge is 0.393 e. The Bertz CT molecular complexity index is 174. The molecule has 0 aromatic rings. The zero-order valence-electron chi connectivity index (χ0n) is 10.0. The van der Waals surface area contributed by atoms with E-state index < -0.39 is 0 Å². The number of aliphatic hydroxyl groups is 1. The first kappa shape index (κ1) is 14.2. The highest BCUT2D eigenvalue weighted by Gasteiger charge is 2.16. The summed E-state index contributed by atoms with van der Waals surface area (Å²) < 4.78 is 0. The summed E-state index contributed by atoms with van der Waals surface area (Å²) in [6, 6.07) is -0.153. The molecule has 0 bridgehead atoms. The Kier molecular flexibility index (Phi) is 8.09. The number of urea groups is 1. The summed E-state index contributed by atoms with van der Waals surface area (Å²) in [5, 5.41) is 15.2. The molecule has 0 aliphatic carbocycles. The molecule has 2 amide bonds. The first-order valence-corrected chi connectivity index (χ1v) is 5.85. The van der Waals surface area contributed by atoms with Crippen molar-refractivity contribution in [3.63, 3.8) is 0 Å². The third-order valence-corrected chi connectivity index (χ3v) is 2.52. The fourth-order valence-electron chi connectivity index (χ4n) is 1.53. The van der Waals surface area contributed by atoms with Gasteiger partial charge in [0.2, 0.25) is 0 Å². The minimum atomic E-state index is -0.304. The molecule has 0 aromatic carbocycles. The van der Waals surface area contributed by atoms with E-state index in [4.69, 9.17) is 0 Å². The Hall–Kier alpha value is -0.770. The molecule has 0 heterocycles. The maximum absolute atomic E-state index is 11.1. The third kappa shape index (κ3) is 6.33. The number of rotatable bonds is 7. The minimum absolute atomic E-state index is 0.153. The Morgan fingerprint density at radius 3 is 2.40 bits per heavy atom. The summed E-state index contributed by atoms with van der Waals surface area (Å²) in [5.41, 5.74) is 0. The maximum atomic E-state index is 11.1. The van der Waals surface area contributed by atoms with Gasteiger partial charge in [0, 0.05) is 19.0 Å². The van der Waals surface area contributed by atoms with Gasteiger partial charge in [-0.15, -0.1) is 0 Å². The van der Waals surface area contributed by atoms with Gasteiger partial charge in [0.25, 0.3) is 0 Å². The molecule has 4 heteroatoms. The molecule has 0 aliphatic rings. The van der Waals surface area contributed by atoms with Crippen LogP contribution in [-0.4, -0.2) is 30.3 Å². The summed E-state index contributed by atoms with van der Waals surface area (Å²) in [7, 11) is 0. The van der Waals surface area contributed by atoms with Crippen LogP contribution in [0.1, 0.15) is 40.0 Å². The lowest BCUT2D eigenvalue weighted by atomic mass is 9.96. The van der Waals surface area contributed by atoms with Gasteiger partial charge in [0.05, 0.1) is 6.10 Å². The van der Waals surface area contributed by atoms with Crippen LogP contribution in [0, 0.1) is 5.92 Å². The molecule has 0 radical (unpaired) electrons. The number of carbonyl (C=O) groups is 1. The molecular weight excluding hydrogens is 192 g/mol. The minimum Gasteiger partial charge on any atom is -0.393 e. The van der Waals surface area contributed by atoms with Gasteiger partial charge in [-0.1, -0.05) is 20.3 Å². The van der Waals surface area contributed by atoms with Crippen LogP contribution in [-0.2, 0) is 0 Å². The fraction of sp³-hybridized carbons (Fsp3) is 0.909. The lowest BCUT2D eigenvalue weighted by Gasteiger charge is -2.21. The standard InChI is InChI=1S/C11H24N2O2/c1-4-7-10(14)9(5-2)8-13-11(15)12-6-3/h9-10,14H,4-8H2,1-3H3,(H2,12,13,15). The van der Waals surface area contributed by atoms with E-state index in [0.717, 1.165) is 19.3 Å². The molecule has 0 saturated carbocycles. The molecule has 0 fully saturated rings. The number of hydrogen-bond donors (Lipinski definition) is 3. The fourth-order valence-corrected chi connectivity index (χ4v) is 1.53. The molecular formula is C11H24N2O2. The van der Waals surface area contributed by atoms with Crippen molar-refractivity contribution in [1.82, 2.24) is 10.6 Å². The first-order chi connectivity index (χ1) is 7.15. The van der Waals surface area contributed by atoms with Crippen molar-refractivity contribution in [2.75, 3.05) is 13.1 Å². The van der Waals surface area contributed by atoms with Crippen molar-refractivity contribution >= 4 is 6.03 Å². The van der Waals surface area contributed by atoms with Crippen LogP contribution in [0.4, 0.5) is 4.79 Å². The number of carbonyl (C=O) groups excluding carboxylic acids is 1. The number of nitrogens with one attached hydrogen (secondary N) is 2. The molecule has 0 aliphatic heterocycles. The van der Waals surface area contributed by atoms with E-state index in [9.17, 15) is 9.90 Å². The van der Waals surface area contributed by atoms with E-state index in [1.54, 1.807) is 0 Å². The third-order valence-electron chi connectivity index (χ3n) is 2.52. The molecule has 0 spiro atoms. The van der Waals surface area contributed by atoms with Gasteiger partial charge in [0.15, 0.2) is 0 Å². The van der Waals surface area contributed by atoms with Crippen molar-refractivity contribution in [3.8, 4) is 0 Å². The second-order valence-electron chi connectivity index (χ2n) is 3.76. The molecule has 4 nitrogen and oxygen atoms in total. The van der Waals surface area contributed by atoms with Gasteiger partial charge in [-0.25, -0.2) is 4.79 Å². The lowest BCUT2D eigenvalue weighted by Crippen LogP contribution is -2.40. The van der Waals surface area contributed by atoms with E-state index in [0.29, 0.717) is 13.1 Å². The second-order valence-corrected chi connectivity index (χ2v) is 3.76. The van der Waals surface area contributed by atoms with E-state index in [1.807, 2.05) is 20.8 Å². The molecule has 15 heavy (non-hydrogen) atoms. The molecule has 3 N–H and O–H groups in total. The van der Waals surface area contributed by atoms with Gasteiger partial charge in [0.1, 0.15) is 0 Å². The van der Waals surface area contributed by atoms with Crippen molar-refractivity contribution in [2.45, 2.75) is 46.1 Å². The topological polar surface area (TPSA) is 61.4 Å². The van der Waals surface area contributed by atoms with Gasteiger partial charge < -0.3 is 15.7 Å². The smallest absolute Gasteiger partial charge is 0.314 e. The quantitative estimate of drug-likeness (QED) is 0.604. The van der Waals surface area contributed by atoms with Crippen LogP contribution in [0.15, 0.2) is 0 Å². The Morgan fingerprint density at radius 2 is 1.93 bits per heavy atom. The first-order valence-electron chi connectivity index (χ1n) is 5.85. The summed E-state index contributed by atoms with van der Waals surface area (Å²) in [4.78, 5) is 11.1. The summed E-state index contributed by atoms with van der Waals surface area (Å²) in [6.07, 6.45) is 2.35. The molecule has 0 aromatic heterocycles. The average molecular weight is 216 g/mol. The maximum Gasteiger partial charge on any atom is 0.314 e. The van der Waals surface area contributed by atoms with Gasteiger partial charge in [-0.2, -0.15) is 0 Å². The van der Waals surface area contributed by atoms with Crippen molar-refractivity contribution in [1.29, 1.82) is 0 Å². The van der Waals surface area contributed by atoms with Crippen LogP contribution in [0.5, 0.6) is 0 Å². The van der Waals surface area contributed by atoms with E-state index in [1.165, 1.54) is 0 Å². The number of amides is 2. The Morgan fingerprint density at radius 1 is 1.27 bits per heavy atom. The summed E-state index contributed by atoms with van der Waals surface area (Å²) in [6.45, 7) is 7.13. The number of hydrogen-bond acceptors (Lipinski definition) is 2. The summed E-state index contributed by atoms with van der Waals surface area (Å²) in [5.74, 6) is 0.160. The lowest BCUT2D eigenvalue weighted by molar-refractivity contribution is 0.0960. The van der Waals surface area contributed by atoms with Crippen LogP contribution >= 0.6 is 0 Å². The predicted octanol–water partition coefficient (Wildman–Crippen LogP) is 1.49. The van der Waals surface area contributed by atoms with Gasteiger partial charge in [-0.3, -0.25) is 0 Å². The SMILES string of the molecule is CCCC(O)C(CC)CNC(=O)NCC. The predicted molar refractivity (Wildman–Crippen MR) is 61.8 cm³/mol. The van der Waals surface area contributed by atoms with Crippen LogP contribution < -0.4 is 10.6 Å². The van der Waals surface area contributed by atoms with Crippen LogP contribution in [0.25, 0.3) is 0 Å². The summed E-state index contributed by atoms with van der Waals surface area (Å²) >= 11 is 0. The van der Waals surface area contributed by atoms with E-state index >= 15 is 0 Å². The average Bonchev–Trinajstić information content (AvgIpc) is 2.19. The molecule has 90 valence electrons. The molecule has 0 saturated heterocycles. The normalized spacial score (nSPS) is 14.4. The molecule has 2 unspecified atom stereocenters. The highest BCUT2D eigenvalue weighted by molar-refractivity contribution is 5.73. The molecule has 2 atom stereocenters. The van der Waals surface area contributed by atoms with Crippen molar-refractivity contribution in [3.05, 3.63) is 0 Å². The van der Waals surface area contributed by atoms with Crippen molar-refractivity contribution in [2.24, 2.45) is 5.92 Å². The zero-order chi connectivity index (χ0) is 11.7. The van der Waals surface area contributed by atoms with E-state index in [-0.39, 0.29) is 18.1 Å². The van der Waals surface area contributed by atoms with E-state index in [2.05, 4.69) is 10.6 Å². The Balaban J connectivity index is 3.83. The zero-order valence-corrected chi connectivity index (χ0v) is 10.0. The molecule has 0 rings (SSSR count). The number of aliphatic hydroxyl groups excluding tert-OH is 1. The van der Waals surface area contributed by atoms with Crippen molar-refractivity contribution < 1.29 is 9.90 Å². The Labute approximate surface area is 92.4 Å². The second kappa shape index (κ2) is 8.53.